The maximum Gasteiger partial charge on any atom is 0.269 e. The van der Waals surface area contributed by atoms with Gasteiger partial charge in [0.1, 0.15) is 5.69 Å². The van der Waals surface area contributed by atoms with Crippen molar-refractivity contribution in [1.82, 2.24) is 16.0 Å². The first-order valence-electron chi connectivity index (χ1n) is 7.12. The van der Waals surface area contributed by atoms with Crippen LogP contribution in [0.5, 0.6) is 0 Å². The van der Waals surface area contributed by atoms with E-state index >= 15 is 0 Å². The van der Waals surface area contributed by atoms with Crippen molar-refractivity contribution in [3.05, 3.63) is 65.4 Å². The smallest absolute Gasteiger partial charge is 0.269 e. The molecular weight excluding hydrogens is 294 g/mol. The number of amides is 2. The number of fused-ring (bicyclic) bond motifs is 1. The molecule has 0 bridgehead atoms. The molecule has 0 saturated heterocycles. The quantitative estimate of drug-likeness (QED) is 0.726. The van der Waals surface area contributed by atoms with Crippen molar-refractivity contribution >= 4 is 22.8 Å². The zero-order valence-corrected chi connectivity index (χ0v) is 12.5. The van der Waals surface area contributed by atoms with E-state index in [9.17, 15) is 9.59 Å². The summed E-state index contributed by atoms with van der Waals surface area (Å²) in [4.78, 5) is 23.9. The van der Waals surface area contributed by atoms with E-state index in [1.165, 1.54) is 0 Å². The second-order valence-corrected chi connectivity index (χ2v) is 5.17. The van der Waals surface area contributed by atoms with E-state index in [1.54, 1.807) is 18.2 Å². The summed E-state index contributed by atoms with van der Waals surface area (Å²) in [7, 11) is 0. The van der Waals surface area contributed by atoms with Gasteiger partial charge in [-0.1, -0.05) is 35.0 Å². The summed E-state index contributed by atoms with van der Waals surface area (Å²) in [6, 6.07) is 14.3. The predicted octanol–water partition coefficient (Wildman–Crippen LogP) is 2.14. The number of carbonyl (C=O) groups is 2. The fraction of sp³-hybridized carbons (Fsp3) is 0.118. The number of aromatic nitrogens is 1. The van der Waals surface area contributed by atoms with Crippen LogP contribution in [-0.2, 0) is 11.2 Å². The second kappa shape index (κ2) is 6.31. The third-order valence-electron chi connectivity index (χ3n) is 3.41. The van der Waals surface area contributed by atoms with Crippen LogP contribution in [0.25, 0.3) is 11.0 Å². The first kappa shape index (κ1) is 14.8. The molecule has 0 unspecified atom stereocenters. The van der Waals surface area contributed by atoms with Crippen molar-refractivity contribution in [3.8, 4) is 0 Å². The van der Waals surface area contributed by atoms with Crippen LogP contribution >= 0.6 is 0 Å². The van der Waals surface area contributed by atoms with Crippen molar-refractivity contribution in [1.29, 1.82) is 0 Å². The van der Waals surface area contributed by atoms with Crippen LogP contribution < -0.4 is 10.9 Å². The Labute approximate surface area is 132 Å². The molecule has 1 heterocycles. The maximum atomic E-state index is 11.9. The molecule has 2 aromatic carbocycles. The minimum absolute atomic E-state index is 0.0190. The molecule has 3 aromatic rings. The van der Waals surface area contributed by atoms with Crippen molar-refractivity contribution < 1.29 is 14.1 Å². The van der Waals surface area contributed by atoms with Gasteiger partial charge >= 0.3 is 0 Å². The highest BCUT2D eigenvalue weighted by Crippen LogP contribution is 2.17. The Hall–Kier alpha value is -3.15. The number of hydrogen-bond acceptors (Lipinski definition) is 4. The molecule has 0 aliphatic rings. The number of rotatable bonds is 3. The Morgan fingerprint density at radius 1 is 1.04 bits per heavy atom. The normalized spacial score (nSPS) is 10.5. The van der Waals surface area contributed by atoms with Gasteiger partial charge in [-0.2, -0.15) is 0 Å². The van der Waals surface area contributed by atoms with E-state index in [1.807, 2.05) is 37.3 Å². The van der Waals surface area contributed by atoms with Crippen LogP contribution in [0.3, 0.4) is 0 Å². The predicted molar refractivity (Wildman–Crippen MR) is 84.5 cm³/mol. The van der Waals surface area contributed by atoms with Crippen molar-refractivity contribution in [3.63, 3.8) is 0 Å². The van der Waals surface area contributed by atoms with E-state index < -0.39 is 0 Å². The summed E-state index contributed by atoms with van der Waals surface area (Å²) in [5.74, 6) is -0.743. The molecule has 6 heteroatoms. The monoisotopic (exact) mass is 309 g/mol. The number of aryl methyl sites for hydroxylation is 1. The van der Waals surface area contributed by atoms with Crippen molar-refractivity contribution in [2.75, 3.05) is 0 Å². The van der Waals surface area contributed by atoms with Crippen LogP contribution in [0.15, 0.2) is 53.1 Å². The molecular formula is C17H15N3O3. The molecule has 3 rings (SSSR count). The molecule has 1 aromatic heterocycles. The fourth-order valence-corrected chi connectivity index (χ4v) is 2.17. The summed E-state index contributed by atoms with van der Waals surface area (Å²) in [6.07, 6.45) is 0.0190. The Morgan fingerprint density at radius 2 is 1.78 bits per heavy atom. The van der Waals surface area contributed by atoms with Crippen molar-refractivity contribution in [2.24, 2.45) is 0 Å². The maximum absolute atomic E-state index is 11.9. The highest BCUT2D eigenvalue weighted by Gasteiger charge is 2.13. The zero-order valence-electron chi connectivity index (χ0n) is 12.5. The lowest BCUT2D eigenvalue weighted by atomic mass is 10.1. The molecule has 23 heavy (non-hydrogen) atoms. The molecule has 0 fully saturated rings. The van der Waals surface area contributed by atoms with E-state index in [4.69, 9.17) is 4.52 Å². The molecule has 2 N–H and O–H groups in total. The number of para-hydroxylation sites is 1. The van der Waals surface area contributed by atoms with E-state index in [0.717, 1.165) is 10.9 Å². The molecule has 0 aliphatic carbocycles. The highest BCUT2D eigenvalue weighted by molar-refractivity contribution is 5.95. The molecule has 2 amide bonds. The van der Waals surface area contributed by atoms with Crippen LogP contribution in [0.1, 0.15) is 21.6 Å². The number of benzene rings is 2. The lowest BCUT2D eigenvalue weighted by molar-refractivity contribution is -0.121. The van der Waals surface area contributed by atoms with Gasteiger partial charge in [-0.05, 0) is 31.2 Å². The van der Waals surface area contributed by atoms with E-state index in [0.29, 0.717) is 16.8 Å². The fourth-order valence-electron chi connectivity index (χ4n) is 2.17. The number of hydrazine groups is 1. The average molecular weight is 309 g/mol. The van der Waals surface area contributed by atoms with Gasteiger partial charge in [-0.15, -0.1) is 0 Å². The number of nitrogens with zero attached hydrogens (tertiary/aromatic N) is 1. The van der Waals surface area contributed by atoms with Crippen LogP contribution in [0.2, 0.25) is 0 Å². The Bertz CT molecular complexity index is 853. The van der Waals surface area contributed by atoms with Gasteiger partial charge in [0.05, 0.1) is 6.42 Å². The van der Waals surface area contributed by atoms with Gasteiger partial charge in [0.15, 0.2) is 5.58 Å². The summed E-state index contributed by atoms with van der Waals surface area (Å²) in [6.45, 7) is 1.94. The highest BCUT2D eigenvalue weighted by atomic mass is 16.5. The third kappa shape index (κ3) is 3.37. The summed E-state index contributed by atoms with van der Waals surface area (Å²) >= 11 is 0. The van der Waals surface area contributed by atoms with E-state index in [-0.39, 0.29) is 18.2 Å². The van der Waals surface area contributed by atoms with Crippen LogP contribution in [0.4, 0.5) is 0 Å². The van der Waals surface area contributed by atoms with Crippen LogP contribution in [0, 0.1) is 6.92 Å². The van der Waals surface area contributed by atoms with Crippen molar-refractivity contribution in [2.45, 2.75) is 13.3 Å². The standard InChI is InChI=1S/C17H15N3O3/c1-11-6-8-12(9-7-11)17(22)19-18-16(21)10-14-13-4-2-3-5-15(13)23-20-14/h2-9H,10H2,1H3,(H,18,21)(H,19,22). The minimum Gasteiger partial charge on any atom is -0.356 e. The average Bonchev–Trinajstić information content (AvgIpc) is 2.96. The molecule has 0 atom stereocenters. The summed E-state index contributed by atoms with van der Waals surface area (Å²) in [5, 5.41) is 4.67. The number of carbonyl (C=O) groups excluding carboxylic acids is 2. The Kier molecular flexibility index (Phi) is 4.05. The Morgan fingerprint density at radius 3 is 2.57 bits per heavy atom. The molecule has 6 nitrogen and oxygen atoms in total. The van der Waals surface area contributed by atoms with Gasteiger partial charge in [-0.3, -0.25) is 20.4 Å². The first-order chi connectivity index (χ1) is 11.1. The summed E-state index contributed by atoms with van der Waals surface area (Å²) in [5.41, 5.74) is 7.45. The van der Waals surface area contributed by atoms with Gasteiger partial charge in [0.2, 0.25) is 5.91 Å². The van der Waals surface area contributed by atoms with Crippen LogP contribution in [-0.4, -0.2) is 17.0 Å². The van der Waals surface area contributed by atoms with E-state index in [2.05, 4.69) is 16.0 Å². The molecule has 0 spiro atoms. The molecule has 116 valence electrons. The SMILES string of the molecule is Cc1ccc(C(=O)NNC(=O)Cc2noc3ccccc23)cc1. The lowest BCUT2D eigenvalue weighted by Crippen LogP contribution is -2.42. The zero-order chi connectivity index (χ0) is 16.2. The molecule has 0 aliphatic heterocycles. The number of hydrogen-bond donors (Lipinski definition) is 2. The van der Waals surface area contributed by atoms with Gasteiger partial charge < -0.3 is 4.52 Å². The number of nitrogens with one attached hydrogen (secondary N) is 2. The second-order valence-electron chi connectivity index (χ2n) is 5.17. The molecule has 0 radical (unpaired) electrons. The summed E-state index contributed by atoms with van der Waals surface area (Å²) < 4.78 is 5.14. The van der Waals surface area contributed by atoms with Gasteiger partial charge in [0.25, 0.3) is 5.91 Å². The first-order valence-corrected chi connectivity index (χ1v) is 7.12. The lowest BCUT2D eigenvalue weighted by Gasteiger charge is -2.06. The minimum atomic E-state index is -0.372. The molecule has 0 saturated carbocycles. The van der Waals surface area contributed by atoms with Gasteiger partial charge in [-0.25, -0.2) is 0 Å². The topological polar surface area (TPSA) is 84.2 Å². The largest absolute Gasteiger partial charge is 0.356 e. The Balaban J connectivity index is 1.59. The van der Waals surface area contributed by atoms with Gasteiger partial charge in [0, 0.05) is 10.9 Å². The third-order valence-corrected chi connectivity index (χ3v) is 3.41.